The van der Waals surface area contributed by atoms with Crippen LogP contribution in [0.5, 0.6) is 0 Å². The molecule has 0 radical (unpaired) electrons. The maximum Gasteiger partial charge on any atom is 0.255 e. The van der Waals surface area contributed by atoms with Crippen LogP contribution in [0.1, 0.15) is 35.7 Å². The molecule has 0 atom stereocenters. The zero-order chi connectivity index (χ0) is 20.5. The standard InChI is InChI=1S/C22H18Cl2N4O/c1-13(2)14-3-7-17(8-4-14)28-26-20-10-6-16(12-21(20)27-28)25-22(29)15-5-9-18(23)19(24)11-15/h3-13H,1-2H3,(H,25,29). The van der Waals surface area contributed by atoms with E-state index in [0.29, 0.717) is 32.7 Å². The number of amides is 1. The number of benzene rings is 3. The molecule has 1 heterocycles. The van der Waals surface area contributed by atoms with Crippen molar-refractivity contribution in [3.63, 3.8) is 0 Å². The molecular weight excluding hydrogens is 407 g/mol. The molecule has 4 aromatic rings. The molecule has 7 heteroatoms. The minimum Gasteiger partial charge on any atom is -0.322 e. The Balaban J connectivity index is 1.58. The first-order valence-electron chi connectivity index (χ1n) is 9.14. The predicted octanol–water partition coefficient (Wildman–Crippen LogP) is 6.10. The molecule has 1 N–H and O–H groups in total. The summed E-state index contributed by atoms with van der Waals surface area (Å²) in [5.74, 6) is 0.190. The Labute approximate surface area is 178 Å². The smallest absolute Gasteiger partial charge is 0.255 e. The number of anilines is 1. The number of halogens is 2. The van der Waals surface area contributed by atoms with Crippen molar-refractivity contribution in [3.8, 4) is 5.69 Å². The van der Waals surface area contributed by atoms with Gasteiger partial charge in [-0.1, -0.05) is 49.2 Å². The summed E-state index contributed by atoms with van der Waals surface area (Å²) in [5.41, 5.74) is 4.62. The average molecular weight is 425 g/mol. The minimum atomic E-state index is -0.278. The monoisotopic (exact) mass is 424 g/mol. The van der Waals surface area contributed by atoms with E-state index in [-0.39, 0.29) is 5.91 Å². The van der Waals surface area contributed by atoms with Crippen molar-refractivity contribution >= 4 is 45.8 Å². The fourth-order valence-corrected chi connectivity index (χ4v) is 3.24. The fourth-order valence-electron chi connectivity index (χ4n) is 2.94. The Kier molecular flexibility index (Phi) is 5.26. The van der Waals surface area contributed by atoms with Gasteiger partial charge in [0.2, 0.25) is 0 Å². The molecule has 0 aliphatic heterocycles. The Morgan fingerprint density at radius 3 is 2.31 bits per heavy atom. The largest absolute Gasteiger partial charge is 0.322 e. The van der Waals surface area contributed by atoms with E-state index >= 15 is 0 Å². The van der Waals surface area contributed by atoms with E-state index in [4.69, 9.17) is 23.2 Å². The molecule has 0 aliphatic carbocycles. The topological polar surface area (TPSA) is 59.8 Å². The Hall–Kier alpha value is -2.89. The molecule has 1 amide bonds. The minimum absolute atomic E-state index is 0.278. The van der Waals surface area contributed by atoms with Gasteiger partial charge in [0.25, 0.3) is 5.91 Å². The van der Waals surface area contributed by atoms with E-state index < -0.39 is 0 Å². The summed E-state index contributed by atoms with van der Waals surface area (Å²) < 4.78 is 0. The van der Waals surface area contributed by atoms with Crippen LogP contribution in [-0.4, -0.2) is 20.9 Å². The molecule has 0 spiro atoms. The lowest BCUT2D eigenvalue weighted by molar-refractivity contribution is 0.102. The lowest BCUT2D eigenvalue weighted by Crippen LogP contribution is -2.11. The first kappa shape index (κ1) is 19.4. The van der Waals surface area contributed by atoms with Crippen molar-refractivity contribution in [1.29, 1.82) is 0 Å². The van der Waals surface area contributed by atoms with Gasteiger partial charge in [-0.2, -0.15) is 4.80 Å². The van der Waals surface area contributed by atoms with Crippen LogP contribution in [0.2, 0.25) is 10.0 Å². The van der Waals surface area contributed by atoms with Crippen molar-refractivity contribution < 1.29 is 4.79 Å². The SMILES string of the molecule is CC(C)c1ccc(-n2nc3ccc(NC(=O)c4ccc(Cl)c(Cl)c4)cc3n2)cc1. The summed E-state index contributed by atoms with van der Waals surface area (Å²) >= 11 is 11.9. The average Bonchev–Trinajstić information content (AvgIpc) is 3.13. The second-order valence-corrected chi connectivity index (χ2v) is 7.84. The number of hydrogen-bond acceptors (Lipinski definition) is 3. The van der Waals surface area contributed by atoms with Crippen LogP contribution in [0.15, 0.2) is 60.7 Å². The summed E-state index contributed by atoms with van der Waals surface area (Å²) in [6.07, 6.45) is 0. The summed E-state index contributed by atoms with van der Waals surface area (Å²) in [5, 5.41) is 12.6. The van der Waals surface area contributed by atoms with Crippen LogP contribution in [0, 0.1) is 0 Å². The second kappa shape index (κ2) is 7.85. The molecule has 5 nitrogen and oxygen atoms in total. The molecule has 0 bridgehead atoms. The highest BCUT2D eigenvalue weighted by atomic mass is 35.5. The zero-order valence-electron chi connectivity index (χ0n) is 15.9. The molecule has 4 rings (SSSR count). The summed E-state index contributed by atoms with van der Waals surface area (Å²) in [7, 11) is 0. The van der Waals surface area contributed by atoms with Gasteiger partial charge in [-0.15, -0.1) is 10.2 Å². The third-order valence-corrected chi connectivity index (χ3v) is 5.35. The van der Waals surface area contributed by atoms with Gasteiger partial charge in [-0.25, -0.2) is 0 Å². The first-order chi connectivity index (χ1) is 13.9. The van der Waals surface area contributed by atoms with Gasteiger partial charge in [-0.05, 0) is 60.0 Å². The number of carbonyl (C=O) groups is 1. The molecule has 0 fully saturated rings. The lowest BCUT2D eigenvalue weighted by atomic mass is 10.0. The normalized spacial score (nSPS) is 11.2. The van der Waals surface area contributed by atoms with Crippen LogP contribution < -0.4 is 5.32 Å². The third-order valence-electron chi connectivity index (χ3n) is 4.61. The van der Waals surface area contributed by atoms with Crippen LogP contribution >= 0.6 is 23.2 Å². The predicted molar refractivity (Wildman–Crippen MR) is 117 cm³/mol. The van der Waals surface area contributed by atoms with Crippen molar-refractivity contribution in [2.45, 2.75) is 19.8 Å². The molecule has 0 unspecified atom stereocenters. The van der Waals surface area contributed by atoms with Crippen LogP contribution in [-0.2, 0) is 0 Å². The zero-order valence-corrected chi connectivity index (χ0v) is 17.4. The highest BCUT2D eigenvalue weighted by molar-refractivity contribution is 6.42. The van der Waals surface area contributed by atoms with Gasteiger partial charge in [-0.3, -0.25) is 4.79 Å². The Morgan fingerprint density at radius 2 is 1.62 bits per heavy atom. The Bertz CT molecular complexity index is 1200. The highest BCUT2D eigenvalue weighted by Crippen LogP contribution is 2.24. The number of nitrogens with one attached hydrogen (secondary N) is 1. The number of nitrogens with zero attached hydrogens (tertiary/aromatic N) is 3. The van der Waals surface area contributed by atoms with E-state index in [2.05, 4.69) is 41.5 Å². The van der Waals surface area contributed by atoms with Gasteiger partial charge < -0.3 is 5.32 Å². The number of hydrogen-bond donors (Lipinski definition) is 1. The third kappa shape index (κ3) is 4.11. The first-order valence-corrected chi connectivity index (χ1v) is 9.90. The van der Waals surface area contributed by atoms with Crippen molar-refractivity contribution in [3.05, 3.63) is 81.8 Å². The van der Waals surface area contributed by atoms with E-state index in [1.807, 2.05) is 18.2 Å². The molecule has 0 aliphatic rings. The van der Waals surface area contributed by atoms with Gasteiger partial charge in [0.1, 0.15) is 11.0 Å². The van der Waals surface area contributed by atoms with Gasteiger partial charge >= 0.3 is 0 Å². The molecule has 0 saturated heterocycles. The van der Waals surface area contributed by atoms with E-state index in [0.717, 1.165) is 11.2 Å². The van der Waals surface area contributed by atoms with Crippen LogP contribution in [0.25, 0.3) is 16.7 Å². The Morgan fingerprint density at radius 1 is 0.897 bits per heavy atom. The molecule has 3 aromatic carbocycles. The van der Waals surface area contributed by atoms with E-state index in [9.17, 15) is 4.79 Å². The van der Waals surface area contributed by atoms with E-state index in [1.165, 1.54) is 11.6 Å². The molecule has 0 saturated carbocycles. The fraction of sp³-hybridized carbons (Fsp3) is 0.136. The lowest BCUT2D eigenvalue weighted by Gasteiger charge is -2.06. The molecular formula is C22H18Cl2N4O. The summed E-state index contributed by atoms with van der Waals surface area (Å²) in [6.45, 7) is 4.31. The highest BCUT2D eigenvalue weighted by Gasteiger charge is 2.11. The number of aromatic nitrogens is 3. The number of rotatable bonds is 4. The molecule has 29 heavy (non-hydrogen) atoms. The van der Waals surface area contributed by atoms with Crippen molar-refractivity contribution in [2.24, 2.45) is 0 Å². The van der Waals surface area contributed by atoms with Crippen molar-refractivity contribution in [2.75, 3.05) is 5.32 Å². The summed E-state index contributed by atoms with van der Waals surface area (Å²) in [6, 6.07) is 18.3. The quantitative estimate of drug-likeness (QED) is 0.430. The van der Waals surface area contributed by atoms with Gasteiger partial charge in [0, 0.05) is 11.3 Å². The molecule has 146 valence electrons. The van der Waals surface area contributed by atoms with Crippen LogP contribution in [0.4, 0.5) is 5.69 Å². The van der Waals surface area contributed by atoms with Crippen molar-refractivity contribution in [1.82, 2.24) is 15.0 Å². The van der Waals surface area contributed by atoms with Gasteiger partial charge in [0.05, 0.1) is 15.7 Å². The van der Waals surface area contributed by atoms with Gasteiger partial charge in [0.15, 0.2) is 0 Å². The van der Waals surface area contributed by atoms with E-state index in [1.54, 1.807) is 29.1 Å². The molecule has 1 aromatic heterocycles. The maximum absolute atomic E-state index is 12.5. The number of carbonyl (C=O) groups excluding carboxylic acids is 1. The number of fused-ring (bicyclic) bond motifs is 1. The maximum atomic E-state index is 12.5. The second-order valence-electron chi connectivity index (χ2n) is 7.02. The summed E-state index contributed by atoms with van der Waals surface area (Å²) in [4.78, 5) is 14.1. The van der Waals surface area contributed by atoms with Crippen LogP contribution in [0.3, 0.4) is 0 Å².